The Kier molecular flexibility index (Phi) is 5.01. The Morgan fingerprint density at radius 2 is 1.96 bits per heavy atom. The molecule has 3 heterocycles. The second-order valence-electron chi connectivity index (χ2n) is 5.62. The highest BCUT2D eigenvalue weighted by Gasteiger charge is 2.21. The van der Waals surface area contributed by atoms with Crippen molar-refractivity contribution in [1.82, 2.24) is 19.9 Å². The van der Waals surface area contributed by atoms with Crippen molar-refractivity contribution < 1.29 is 4.39 Å². The Morgan fingerprint density at radius 3 is 2.67 bits per heavy atom. The molecule has 1 aromatic carbocycles. The number of aromatic amines is 1. The molecule has 0 radical (unpaired) electrons. The van der Waals surface area contributed by atoms with Gasteiger partial charge in [-0.2, -0.15) is 5.10 Å². The van der Waals surface area contributed by atoms with Gasteiger partial charge in [0.05, 0.1) is 16.6 Å². The minimum absolute atomic E-state index is 0.154. The van der Waals surface area contributed by atoms with Crippen LogP contribution in [0.4, 0.5) is 4.39 Å². The van der Waals surface area contributed by atoms with Gasteiger partial charge in [-0.3, -0.25) is 4.79 Å². The van der Waals surface area contributed by atoms with Crippen molar-refractivity contribution in [2.24, 2.45) is 0 Å². The Morgan fingerprint density at radius 1 is 1.25 bits per heavy atom. The van der Waals surface area contributed by atoms with E-state index in [4.69, 9.17) is 0 Å². The molecule has 5 nitrogen and oxygen atoms in total. The van der Waals surface area contributed by atoms with Crippen LogP contribution in [-0.2, 0) is 0 Å². The van der Waals surface area contributed by atoms with Crippen molar-refractivity contribution in [3.8, 4) is 0 Å². The number of rotatable bonds is 1. The average Bonchev–Trinajstić information content (AvgIpc) is 2.95. The van der Waals surface area contributed by atoms with Crippen LogP contribution in [0.2, 0.25) is 0 Å². The van der Waals surface area contributed by atoms with Crippen molar-refractivity contribution in [2.75, 3.05) is 13.1 Å². The topological polar surface area (TPSA) is 62.2 Å². The summed E-state index contributed by atoms with van der Waals surface area (Å²) >= 11 is 3.37. The molecule has 1 saturated heterocycles. The van der Waals surface area contributed by atoms with Crippen LogP contribution in [0, 0.1) is 5.82 Å². The molecule has 128 valence electrons. The van der Waals surface area contributed by atoms with Crippen LogP contribution in [0.5, 0.6) is 0 Å². The molecule has 1 aliphatic heterocycles. The van der Waals surface area contributed by atoms with Gasteiger partial charge in [-0.1, -0.05) is 13.8 Å². The van der Waals surface area contributed by atoms with Gasteiger partial charge in [0.25, 0.3) is 5.56 Å². The van der Waals surface area contributed by atoms with Gasteiger partial charge < -0.3 is 10.3 Å². The average molecular weight is 395 g/mol. The lowest BCUT2D eigenvalue weighted by Crippen LogP contribution is -2.28. The zero-order chi connectivity index (χ0) is 17.3. The first-order valence-corrected chi connectivity index (χ1v) is 9.04. The van der Waals surface area contributed by atoms with E-state index in [1.807, 2.05) is 13.8 Å². The fourth-order valence-corrected chi connectivity index (χ4v) is 3.81. The molecule has 0 saturated carbocycles. The standard InChI is InChI=1S/C15H14BrFN4O.C2H6/c16-10-5-9(17)6-11-14(10)15-19-13(22)7-12(21(15)20-11)8-1-3-18-4-2-8;1-2/h5-8,18H,1-4H2,(H,19,22);1-2H3. The molecule has 0 atom stereocenters. The van der Waals surface area contributed by atoms with E-state index in [-0.39, 0.29) is 17.3 Å². The summed E-state index contributed by atoms with van der Waals surface area (Å²) in [4.78, 5) is 14.9. The third-order valence-electron chi connectivity index (χ3n) is 4.21. The molecular weight excluding hydrogens is 375 g/mol. The Bertz CT molecular complexity index is 928. The first-order valence-electron chi connectivity index (χ1n) is 8.25. The molecule has 1 fully saturated rings. The molecule has 24 heavy (non-hydrogen) atoms. The van der Waals surface area contributed by atoms with Gasteiger partial charge in [-0.05, 0) is 47.9 Å². The van der Waals surface area contributed by atoms with E-state index < -0.39 is 0 Å². The lowest BCUT2D eigenvalue weighted by Gasteiger charge is -2.23. The van der Waals surface area contributed by atoms with Crippen LogP contribution >= 0.6 is 15.9 Å². The van der Waals surface area contributed by atoms with E-state index in [9.17, 15) is 9.18 Å². The van der Waals surface area contributed by atoms with Crippen molar-refractivity contribution in [1.29, 1.82) is 0 Å². The molecule has 4 rings (SSSR count). The first-order chi connectivity index (χ1) is 11.6. The predicted molar refractivity (Wildman–Crippen MR) is 97.2 cm³/mol. The van der Waals surface area contributed by atoms with Crippen LogP contribution < -0.4 is 10.9 Å². The van der Waals surface area contributed by atoms with E-state index in [2.05, 4.69) is 31.3 Å². The van der Waals surface area contributed by atoms with Crippen molar-refractivity contribution in [3.63, 3.8) is 0 Å². The molecule has 1 aliphatic rings. The summed E-state index contributed by atoms with van der Waals surface area (Å²) in [5.41, 5.74) is 1.88. The summed E-state index contributed by atoms with van der Waals surface area (Å²) in [6.45, 7) is 5.86. The zero-order valence-corrected chi connectivity index (χ0v) is 15.3. The molecule has 2 N–H and O–H groups in total. The van der Waals surface area contributed by atoms with E-state index >= 15 is 0 Å². The van der Waals surface area contributed by atoms with Gasteiger partial charge in [-0.25, -0.2) is 8.91 Å². The number of fused-ring (bicyclic) bond motifs is 3. The predicted octanol–water partition coefficient (Wildman–Crippen LogP) is 3.57. The highest BCUT2D eigenvalue weighted by Crippen LogP contribution is 2.31. The van der Waals surface area contributed by atoms with Crippen molar-refractivity contribution >= 4 is 32.5 Å². The third kappa shape index (κ3) is 2.98. The largest absolute Gasteiger partial charge is 0.317 e. The maximum absolute atomic E-state index is 13.6. The monoisotopic (exact) mass is 394 g/mol. The quantitative estimate of drug-likeness (QED) is 0.662. The van der Waals surface area contributed by atoms with Gasteiger partial charge >= 0.3 is 0 Å². The van der Waals surface area contributed by atoms with Crippen LogP contribution in [0.3, 0.4) is 0 Å². The number of aromatic nitrogens is 3. The summed E-state index contributed by atoms with van der Waals surface area (Å²) < 4.78 is 16.0. The molecule has 0 aliphatic carbocycles. The fourth-order valence-electron chi connectivity index (χ4n) is 3.20. The first kappa shape index (κ1) is 17.1. The number of benzene rings is 1. The third-order valence-corrected chi connectivity index (χ3v) is 4.84. The molecule has 0 unspecified atom stereocenters. The van der Waals surface area contributed by atoms with Gasteiger partial charge in [0.15, 0.2) is 0 Å². The molecule has 2 aromatic heterocycles. The van der Waals surface area contributed by atoms with E-state index in [1.165, 1.54) is 12.1 Å². The van der Waals surface area contributed by atoms with Crippen LogP contribution in [0.15, 0.2) is 27.5 Å². The van der Waals surface area contributed by atoms with Crippen molar-refractivity contribution in [3.05, 3.63) is 44.5 Å². The second-order valence-corrected chi connectivity index (χ2v) is 6.48. The number of piperidine rings is 1. The maximum atomic E-state index is 13.6. The highest BCUT2D eigenvalue weighted by atomic mass is 79.9. The summed E-state index contributed by atoms with van der Waals surface area (Å²) in [6.07, 6.45) is 1.93. The molecule has 0 bridgehead atoms. The highest BCUT2D eigenvalue weighted by molar-refractivity contribution is 9.10. The number of nitrogens with one attached hydrogen (secondary N) is 2. The maximum Gasteiger partial charge on any atom is 0.251 e. The van der Waals surface area contributed by atoms with E-state index in [0.717, 1.165) is 37.0 Å². The lowest BCUT2D eigenvalue weighted by molar-refractivity contribution is 0.446. The molecule has 7 heteroatoms. The lowest BCUT2D eigenvalue weighted by atomic mass is 9.94. The summed E-state index contributed by atoms with van der Waals surface area (Å²) in [7, 11) is 0. The Labute approximate surface area is 147 Å². The Hall–Kier alpha value is -1.73. The smallest absolute Gasteiger partial charge is 0.251 e. The fraction of sp³-hybridized carbons (Fsp3) is 0.412. The molecule has 3 aromatic rings. The number of halogens is 2. The van der Waals surface area contributed by atoms with Crippen LogP contribution in [0.25, 0.3) is 16.6 Å². The van der Waals surface area contributed by atoms with Crippen LogP contribution in [0.1, 0.15) is 38.3 Å². The SMILES string of the molecule is CC.O=c1cc(C2CCNCC2)n2nc3cc(F)cc(Br)c3c2[nH]1. The minimum atomic E-state index is -0.353. The molecule has 0 amide bonds. The zero-order valence-electron chi connectivity index (χ0n) is 13.7. The molecular formula is C17H20BrFN4O. The molecule has 0 spiro atoms. The van der Waals surface area contributed by atoms with Gasteiger partial charge in [0, 0.05) is 22.5 Å². The number of hydrogen-bond donors (Lipinski definition) is 2. The number of H-pyrrole nitrogens is 1. The normalized spacial score (nSPS) is 15.5. The van der Waals surface area contributed by atoms with Crippen molar-refractivity contribution in [2.45, 2.75) is 32.6 Å². The minimum Gasteiger partial charge on any atom is -0.317 e. The van der Waals surface area contributed by atoms with Gasteiger partial charge in [-0.15, -0.1) is 0 Å². The van der Waals surface area contributed by atoms with Crippen LogP contribution in [-0.4, -0.2) is 27.7 Å². The second kappa shape index (κ2) is 7.03. The van der Waals surface area contributed by atoms with E-state index in [1.54, 1.807) is 10.6 Å². The number of hydrogen-bond acceptors (Lipinski definition) is 3. The summed E-state index contributed by atoms with van der Waals surface area (Å²) in [5.74, 6) is -0.0717. The summed E-state index contributed by atoms with van der Waals surface area (Å²) in [6, 6.07) is 4.39. The van der Waals surface area contributed by atoms with Gasteiger partial charge in [0.1, 0.15) is 11.5 Å². The van der Waals surface area contributed by atoms with Gasteiger partial charge in [0.2, 0.25) is 0 Å². The number of nitrogens with zero attached hydrogens (tertiary/aromatic N) is 2. The van der Waals surface area contributed by atoms with E-state index in [0.29, 0.717) is 15.6 Å². The Balaban J connectivity index is 0.000000815. The summed E-state index contributed by atoms with van der Waals surface area (Å²) in [5, 5.41) is 8.56.